The van der Waals surface area contributed by atoms with Gasteiger partial charge in [-0.3, -0.25) is 4.79 Å². The Kier molecular flexibility index (Phi) is 4.29. The summed E-state index contributed by atoms with van der Waals surface area (Å²) in [6.45, 7) is 0.654. The summed E-state index contributed by atoms with van der Waals surface area (Å²) in [7, 11) is 1.39. The number of likely N-dealkylation sites (tertiary alicyclic amines) is 1. The van der Waals surface area contributed by atoms with E-state index in [0.717, 1.165) is 30.6 Å². The molecule has 0 aromatic carbocycles. The normalized spacial score (nSPS) is 21.8. The number of esters is 1. The molecule has 1 amide bonds. The average Bonchev–Trinajstić information content (AvgIpc) is 2.97. The summed E-state index contributed by atoms with van der Waals surface area (Å²) >= 11 is 1.62. The number of fused-ring (bicyclic) bond motifs is 1. The second-order valence-corrected chi connectivity index (χ2v) is 6.94. The molecule has 0 spiro atoms. The third-order valence-electron chi connectivity index (χ3n) is 4.44. The molecule has 0 radical (unpaired) electrons. The standard InChI is InChI=1S/C16H21NO3S/c1-20-16(19)12-7-4-5-9-17(12)15(18)14-10-11-6-2-3-8-13(11)21-14/h10,12H,2-9H2,1H3/t12-/m1/s1. The number of carbonyl (C=O) groups is 2. The summed E-state index contributed by atoms with van der Waals surface area (Å²) in [6.07, 6.45) is 7.26. The van der Waals surface area contributed by atoms with Crippen molar-refractivity contribution in [3.8, 4) is 0 Å². The molecule has 1 saturated heterocycles. The quantitative estimate of drug-likeness (QED) is 0.789. The van der Waals surface area contributed by atoms with Crippen molar-refractivity contribution >= 4 is 23.2 Å². The molecule has 1 aromatic rings. The van der Waals surface area contributed by atoms with Crippen LogP contribution in [0.15, 0.2) is 6.07 Å². The second-order valence-electron chi connectivity index (χ2n) is 5.80. The first kappa shape index (κ1) is 14.6. The van der Waals surface area contributed by atoms with Crippen LogP contribution in [0, 0.1) is 0 Å². The van der Waals surface area contributed by atoms with Gasteiger partial charge in [0.25, 0.3) is 5.91 Å². The van der Waals surface area contributed by atoms with Crippen LogP contribution in [0.4, 0.5) is 0 Å². The zero-order valence-electron chi connectivity index (χ0n) is 12.4. The highest BCUT2D eigenvalue weighted by atomic mass is 32.1. The van der Waals surface area contributed by atoms with E-state index in [1.807, 2.05) is 6.07 Å². The number of hydrogen-bond donors (Lipinski definition) is 0. The van der Waals surface area contributed by atoms with Crippen molar-refractivity contribution in [1.82, 2.24) is 4.90 Å². The fraction of sp³-hybridized carbons (Fsp3) is 0.625. The van der Waals surface area contributed by atoms with Gasteiger partial charge < -0.3 is 9.64 Å². The van der Waals surface area contributed by atoms with Crippen molar-refractivity contribution in [2.45, 2.75) is 51.0 Å². The van der Waals surface area contributed by atoms with Gasteiger partial charge in [-0.1, -0.05) is 0 Å². The van der Waals surface area contributed by atoms with Gasteiger partial charge in [0.05, 0.1) is 12.0 Å². The molecule has 114 valence electrons. The molecule has 3 rings (SSSR count). The average molecular weight is 307 g/mol. The van der Waals surface area contributed by atoms with E-state index >= 15 is 0 Å². The molecule has 4 nitrogen and oxygen atoms in total. The molecule has 1 aliphatic carbocycles. The van der Waals surface area contributed by atoms with Crippen LogP contribution in [0.2, 0.25) is 0 Å². The molecule has 1 atom stereocenters. The summed E-state index contributed by atoms with van der Waals surface area (Å²) < 4.78 is 4.86. The van der Waals surface area contributed by atoms with Crippen LogP contribution in [0.5, 0.6) is 0 Å². The van der Waals surface area contributed by atoms with E-state index in [0.29, 0.717) is 13.0 Å². The maximum absolute atomic E-state index is 12.8. The third-order valence-corrected chi connectivity index (χ3v) is 5.67. The predicted octanol–water partition coefficient (Wildman–Crippen LogP) is 2.79. The van der Waals surface area contributed by atoms with Crippen LogP contribution in [0.1, 0.15) is 52.2 Å². The Morgan fingerprint density at radius 2 is 2.05 bits per heavy atom. The van der Waals surface area contributed by atoms with Crippen molar-refractivity contribution in [1.29, 1.82) is 0 Å². The lowest BCUT2D eigenvalue weighted by molar-refractivity contribution is -0.147. The summed E-state index contributed by atoms with van der Waals surface area (Å²) in [4.78, 5) is 28.5. The number of ether oxygens (including phenoxy) is 1. The maximum Gasteiger partial charge on any atom is 0.328 e. The summed E-state index contributed by atoms with van der Waals surface area (Å²) in [6, 6.07) is 1.64. The zero-order valence-corrected chi connectivity index (χ0v) is 13.2. The van der Waals surface area contributed by atoms with E-state index in [9.17, 15) is 9.59 Å². The molecule has 0 unspecified atom stereocenters. The lowest BCUT2D eigenvalue weighted by Gasteiger charge is -2.33. The molecular weight excluding hydrogens is 286 g/mol. The molecule has 21 heavy (non-hydrogen) atoms. The smallest absolute Gasteiger partial charge is 0.328 e. The van der Waals surface area contributed by atoms with E-state index in [-0.39, 0.29) is 11.9 Å². The van der Waals surface area contributed by atoms with E-state index in [1.54, 1.807) is 16.2 Å². The lowest BCUT2D eigenvalue weighted by atomic mass is 9.99. The number of amides is 1. The van der Waals surface area contributed by atoms with E-state index < -0.39 is 6.04 Å². The lowest BCUT2D eigenvalue weighted by Crippen LogP contribution is -2.48. The minimum absolute atomic E-state index is 0.00417. The van der Waals surface area contributed by atoms with Crippen LogP contribution in [0.3, 0.4) is 0 Å². The summed E-state index contributed by atoms with van der Waals surface area (Å²) in [5, 5.41) is 0. The van der Waals surface area contributed by atoms with Crippen molar-refractivity contribution in [3.63, 3.8) is 0 Å². The third kappa shape index (κ3) is 2.84. The first-order valence-electron chi connectivity index (χ1n) is 7.71. The van der Waals surface area contributed by atoms with Crippen molar-refractivity contribution in [2.24, 2.45) is 0 Å². The first-order chi connectivity index (χ1) is 10.2. The fourth-order valence-electron chi connectivity index (χ4n) is 3.29. The van der Waals surface area contributed by atoms with Gasteiger partial charge in [-0.15, -0.1) is 11.3 Å². The molecule has 0 saturated carbocycles. The molecule has 2 aliphatic rings. The highest BCUT2D eigenvalue weighted by Gasteiger charge is 2.34. The Morgan fingerprint density at radius 1 is 1.24 bits per heavy atom. The Labute approximate surface area is 129 Å². The maximum atomic E-state index is 12.8. The molecule has 5 heteroatoms. The van der Waals surface area contributed by atoms with E-state index in [1.165, 1.54) is 30.4 Å². The number of carbonyl (C=O) groups excluding carboxylic acids is 2. The van der Waals surface area contributed by atoms with Crippen LogP contribution >= 0.6 is 11.3 Å². The number of thiophene rings is 1. The Bertz CT molecular complexity index is 528. The van der Waals surface area contributed by atoms with Crippen molar-refractivity contribution in [2.75, 3.05) is 13.7 Å². The molecule has 2 heterocycles. The fourth-order valence-corrected chi connectivity index (χ4v) is 4.50. The Balaban J connectivity index is 1.82. The zero-order chi connectivity index (χ0) is 14.8. The van der Waals surface area contributed by atoms with Crippen LogP contribution in [0.25, 0.3) is 0 Å². The highest BCUT2D eigenvalue weighted by Crippen LogP contribution is 2.31. The molecular formula is C16H21NO3S. The molecule has 1 aliphatic heterocycles. The van der Waals surface area contributed by atoms with Crippen LogP contribution < -0.4 is 0 Å². The molecule has 1 aromatic heterocycles. The minimum atomic E-state index is -0.407. The monoisotopic (exact) mass is 307 g/mol. The number of rotatable bonds is 2. The molecule has 1 fully saturated rings. The minimum Gasteiger partial charge on any atom is -0.467 e. The number of methoxy groups -OCH3 is 1. The number of nitrogens with zero attached hydrogens (tertiary/aromatic N) is 1. The van der Waals surface area contributed by atoms with Crippen molar-refractivity contribution < 1.29 is 14.3 Å². The Hall–Kier alpha value is -1.36. The van der Waals surface area contributed by atoms with E-state index in [4.69, 9.17) is 4.74 Å². The SMILES string of the molecule is COC(=O)[C@H]1CCCCN1C(=O)c1cc2c(s1)CCCC2. The predicted molar refractivity (Wildman–Crippen MR) is 81.7 cm³/mol. The Morgan fingerprint density at radius 3 is 2.81 bits per heavy atom. The van der Waals surface area contributed by atoms with Crippen molar-refractivity contribution in [3.05, 3.63) is 21.4 Å². The first-order valence-corrected chi connectivity index (χ1v) is 8.52. The molecule has 0 N–H and O–H groups in total. The van der Waals surface area contributed by atoms with Gasteiger partial charge >= 0.3 is 5.97 Å². The van der Waals surface area contributed by atoms with Gasteiger partial charge in [-0.2, -0.15) is 0 Å². The number of aryl methyl sites for hydroxylation is 2. The molecule has 0 bridgehead atoms. The number of hydrogen-bond acceptors (Lipinski definition) is 4. The van der Waals surface area contributed by atoms with Gasteiger partial charge in [0.1, 0.15) is 6.04 Å². The van der Waals surface area contributed by atoms with Gasteiger partial charge in [0.15, 0.2) is 0 Å². The van der Waals surface area contributed by atoms with Gasteiger partial charge in [0.2, 0.25) is 0 Å². The van der Waals surface area contributed by atoms with Gasteiger partial charge in [-0.05, 0) is 56.6 Å². The van der Waals surface area contributed by atoms with Crippen LogP contribution in [-0.4, -0.2) is 36.5 Å². The second kappa shape index (κ2) is 6.18. The van der Waals surface area contributed by atoms with Crippen LogP contribution in [-0.2, 0) is 22.4 Å². The van der Waals surface area contributed by atoms with Gasteiger partial charge in [-0.25, -0.2) is 4.79 Å². The summed E-state index contributed by atoms with van der Waals surface area (Å²) in [5.41, 5.74) is 1.33. The summed E-state index contributed by atoms with van der Waals surface area (Å²) in [5.74, 6) is -0.283. The van der Waals surface area contributed by atoms with E-state index in [2.05, 4.69) is 0 Å². The van der Waals surface area contributed by atoms with Gasteiger partial charge in [0, 0.05) is 11.4 Å². The largest absolute Gasteiger partial charge is 0.467 e. The number of piperidine rings is 1. The highest BCUT2D eigenvalue weighted by molar-refractivity contribution is 7.14. The topological polar surface area (TPSA) is 46.6 Å².